The number of nitrogens with one attached hydrogen (secondary N) is 1. The van der Waals surface area contributed by atoms with E-state index < -0.39 is 11.7 Å². The number of rotatable bonds is 4. The minimum absolute atomic E-state index is 0.143. The number of hydrogen-bond donors (Lipinski definition) is 1. The van der Waals surface area contributed by atoms with Gasteiger partial charge in [-0.3, -0.25) is 4.79 Å². The highest BCUT2D eigenvalue weighted by molar-refractivity contribution is 7.09. The first-order chi connectivity index (χ1) is 9.45. The van der Waals surface area contributed by atoms with Crippen LogP contribution in [-0.2, 0) is 17.4 Å². The van der Waals surface area contributed by atoms with Crippen LogP contribution in [0.2, 0.25) is 0 Å². The predicted octanol–water partition coefficient (Wildman–Crippen LogP) is 3.73. The van der Waals surface area contributed by atoms with Gasteiger partial charge in [0.15, 0.2) is 0 Å². The Kier molecular flexibility index (Phi) is 4.39. The quantitative estimate of drug-likeness (QED) is 0.934. The standard InChI is InChI=1S/C13H11F3N2OS/c14-13(15,16)9-2-1-3-10(8-9)18-11(19)4-5-12-17-6-7-20-12/h1-3,6-8H,4-5H2,(H,18,19). The van der Waals surface area contributed by atoms with Crippen molar-refractivity contribution < 1.29 is 18.0 Å². The van der Waals surface area contributed by atoms with Gasteiger partial charge in [-0.1, -0.05) is 6.07 Å². The lowest BCUT2D eigenvalue weighted by Crippen LogP contribution is -2.13. The van der Waals surface area contributed by atoms with Gasteiger partial charge in [0.2, 0.25) is 5.91 Å². The summed E-state index contributed by atoms with van der Waals surface area (Å²) < 4.78 is 37.6. The third-order valence-electron chi connectivity index (χ3n) is 2.52. The molecule has 2 rings (SSSR count). The number of hydrogen-bond acceptors (Lipinski definition) is 3. The van der Waals surface area contributed by atoms with E-state index in [0.29, 0.717) is 6.42 Å². The van der Waals surface area contributed by atoms with E-state index in [1.54, 1.807) is 11.6 Å². The van der Waals surface area contributed by atoms with Gasteiger partial charge in [-0.2, -0.15) is 13.2 Å². The van der Waals surface area contributed by atoms with Crippen LogP contribution in [0.5, 0.6) is 0 Å². The molecular formula is C13H11F3N2OS. The third-order valence-corrected chi connectivity index (χ3v) is 3.36. The molecule has 106 valence electrons. The molecule has 1 N–H and O–H groups in total. The zero-order chi connectivity index (χ0) is 14.6. The SMILES string of the molecule is O=C(CCc1nccs1)Nc1cccc(C(F)(F)F)c1. The minimum Gasteiger partial charge on any atom is -0.326 e. The van der Waals surface area contributed by atoms with Crippen LogP contribution in [0.1, 0.15) is 17.0 Å². The summed E-state index contributed by atoms with van der Waals surface area (Å²) in [5, 5.41) is 5.08. The van der Waals surface area contributed by atoms with Crippen molar-refractivity contribution in [3.63, 3.8) is 0 Å². The van der Waals surface area contributed by atoms with E-state index in [1.165, 1.54) is 23.5 Å². The Hall–Kier alpha value is -1.89. The van der Waals surface area contributed by atoms with Gasteiger partial charge in [0.1, 0.15) is 0 Å². The zero-order valence-corrected chi connectivity index (χ0v) is 11.1. The lowest BCUT2D eigenvalue weighted by atomic mass is 10.2. The average molecular weight is 300 g/mol. The highest BCUT2D eigenvalue weighted by Crippen LogP contribution is 2.30. The van der Waals surface area contributed by atoms with Crippen LogP contribution in [0.25, 0.3) is 0 Å². The van der Waals surface area contributed by atoms with E-state index in [4.69, 9.17) is 0 Å². The molecule has 0 saturated heterocycles. The van der Waals surface area contributed by atoms with Gasteiger partial charge >= 0.3 is 6.18 Å². The third kappa shape index (κ3) is 4.06. The van der Waals surface area contributed by atoms with E-state index in [0.717, 1.165) is 17.1 Å². The maximum Gasteiger partial charge on any atom is 0.416 e. The molecule has 0 saturated carbocycles. The maximum absolute atomic E-state index is 12.5. The summed E-state index contributed by atoms with van der Waals surface area (Å²) in [7, 11) is 0. The van der Waals surface area contributed by atoms with Crippen LogP contribution in [0.3, 0.4) is 0 Å². The molecule has 1 amide bonds. The molecule has 0 fully saturated rings. The van der Waals surface area contributed by atoms with E-state index in [-0.39, 0.29) is 18.0 Å². The maximum atomic E-state index is 12.5. The van der Waals surface area contributed by atoms with E-state index in [9.17, 15) is 18.0 Å². The van der Waals surface area contributed by atoms with Crippen molar-refractivity contribution in [2.24, 2.45) is 0 Å². The number of anilines is 1. The molecule has 0 aliphatic carbocycles. The molecule has 0 radical (unpaired) electrons. The van der Waals surface area contributed by atoms with Crippen LogP contribution in [0.4, 0.5) is 18.9 Å². The number of carbonyl (C=O) groups excluding carboxylic acids is 1. The molecule has 7 heteroatoms. The number of amides is 1. The summed E-state index contributed by atoms with van der Waals surface area (Å²) in [6.45, 7) is 0. The van der Waals surface area contributed by atoms with Gasteiger partial charge in [-0.15, -0.1) is 11.3 Å². The largest absolute Gasteiger partial charge is 0.416 e. The molecule has 2 aromatic rings. The van der Waals surface area contributed by atoms with Gasteiger partial charge in [-0.25, -0.2) is 4.98 Å². The number of carbonyl (C=O) groups is 1. The highest BCUT2D eigenvalue weighted by atomic mass is 32.1. The number of aromatic nitrogens is 1. The van der Waals surface area contributed by atoms with Crippen molar-refractivity contribution in [3.05, 3.63) is 46.4 Å². The van der Waals surface area contributed by atoms with Crippen molar-refractivity contribution >= 4 is 22.9 Å². The van der Waals surface area contributed by atoms with Crippen LogP contribution in [0.15, 0.2) is 35.8 Å². The molecule has 20 heavy (non-hydrogen) atoms. The lowest BCUT2D eigenvalue weighted by molar-refractivity contribution is -0.137. The fourth-order valence-corrected chi connectivity index (χ4v) is 2.21. The van der Waals surface area contributed by atoms with Gasteiger partial charge < -0.3 is 5.32 Å². The molecule has 1 aromatic carbocycles. The Balaban J connectivity index is 1.94. The van der Waals surface area contributed by atoms with Gasteiger partial charge in [-0.05, 0) is 18.2 Å². The summed E-state index contributed by atoms with van der Waals surface area (Å²) >= 11 is 1.44. The fraction of sp³-hybridized carbons (Fsp3) is 0.231. The Morgan fingerprint density at radius 2 is 2.15 bits per heavy atom. The first-order valence-electron chi connectivity index (χ1n) is 5.80. The van der Waals surface area contributed by atoms with Gasteiger partial charge in [0.25, 0.3) is 0 Å². The fourth-order valence-electron chi connectivity index (χ4n) is 1.59. The van der Waals surface area contributed by atoms with Gasteiger partial charge in [0, 0.05) is 30.1 Å². The minimum atomic E-state index is -4.42. The summed E-state index contributed by atoms with van der Waals surface area (Å²) in [4.78, 5) is 15.7. The highest BCUT2D eigenvalue weighted by Gasteiger charge is 2.30. The Bertz CT molecular complexity index is 582. The zero-order valence-electron chi connectivity index (χ0n) is 10.3. The second-order valence-corrected chi connectivity index (χ2v) is 5.03. The molecular weight excluding hydrogens is 289 g/mol. The number of thiazole rings is 1. The Morgan fingerprint density at radius 3 is 2.80 bits per heavy atom. The Morgan fingerprint density at radius 1 is 1.35 bits per heavy atom. The van der Waals surface area contributed by atoms with E-state index in [1.807, 2.05) is 0 Å². The first-order valence-corrected chi connectivity index (χ1v) is 6.68. The molecule has 0 aliphatic heterocycles. The predicted molar refractivity (Wildman–Crippen MR) is 70.5 cm³/mol. The first kappa shape index (κ1) is 14.5. The molecule has 0 bridgehead atoms. The normalized spacial score (nSPS) is 11.3. The number of alkyl halides is 3. The molecule has 0 aliphatic rings. The van der Waals surface area contributed by atoms with Crippen molar-refractivity contribution in [2.75, 3.05) is 5.32 Å². The van der Waals surface area contributed by atoms with Crippen molar-refractivity contribution in [1.82, 2.24) is 4.98 Å². The number of benzene rings is 1. The van der Waals surface area contributed by atoms with E-state index >= 15 is 0 Å². The van der Waals surface area contributed by atoms with Crippen LogP contribution in [0, 0.1) is 0 Å². The van der Waals surface area contributed by atoms with Gasteiger partial charge in [0.05, 0.1) is 10.6 Å². The number of halogens is 3. The van der Waals surface area contributed by atoms with Crippen LogP contribution >= 0.6 is 11.3 Å². The second kappa shape index (κ2) is 6.04. The molecule has 3 nitrogen and oxygen atoms in total. The summed E-state index contributed by atoms with van der Waals surface area (Å²) in [5.74, 6) is -0.334. The average Bonchev–Trinajstić information content (AvgIpc) is 2.89. The summed E-state index contributed by atoms with van der Waals surface area (Å²) in [5.41, 5.74) is -0.640. The monoisotopic (exact) mass is 300 g/mol. The second-order valence-electron chi connectivity index (χ2n) is 4.05. The van der Waals surface area contributed by atoms with Crippen LogP contribution in [-0.4, -0.2) is 10.9 Å². The lowest BCUT2D eigenvalue weighted by Gasteiger charge is -2.09. The van der Waals surface area contributed by atoms with Crippen molar-refractivity contribution in [3.8, 4) is 0 Å². The smallest absolute Gasteiger partial charge is 0.326 e. The molecule has 1 aromatic heterocycles. The topological polar surface area (TPSA) is 42.0 Å². The molecule has 0 unspecified atom stereocenters. The molecule has 1 heterocycles. The van der Waals surface area contributed by atoms with Crippen molar-refractivity contribution in [2.45, 2.75) is 19.0 Å². The molecule has 0 spiro atoms. The van der Waals surface area contributed by atoms with Crippen molar-refractivity contribution in [1.29, 1.82) is 0 Å². The number of nitrogens with zero attached hydrogens (tertiary/aromatic N) is 1. The number of aryl methyl sites for hydroxylation is 1. The summed E-state index contributed by atoms with van der Waals surface area (Å²) in [6.07, 6.45) is -2.11. The van der Waals surface area contributed by atoms with Crippen LogP contribution < -0.4 is 5.32 Å². The van der Waals surface area contributed by atoms with E-state index in [2.05, 4.69) is 10.3 Å². The Labute approximate surface area is 117 Å². The molecule has 0 atom stereocenters. The summed E-state index contributed by atoms with van der Waals surface area (Å²) in [6, 6.07) is 4.57.